The molecule has 7 heteroatoms. The lowest BCUT2D eigenvalue weighted by Crippen LogP contribution is -2.52. The van der Waals surface area contributed by atoms with Gasteiger partial charge >= 0.3 is 0 Å². The van der Waals surface area contributed by atoms with E-state index in [0.717, 1.165) is 5.56 Å². The molecule has 0 aliphatic carbocycles. The molecule has 2 fully saturated rings. The summed E-state index contributed by atoms with van der Waals surface area (Å²) in [6, 6.07) is 16.5. The van der Waals surface area contributed by atoms with E-state index in [-0.39, 0.29) is 37.6 Å². The summed E-state index contributed by atoms with van der Waals surface area (Å²) in [5.41, 5.74) is 1.30. The van der Waals surface area contributed by atoms with Crippen LogP contribution in [0.5, 0.6) is 0 Å². The van der Waals surface area contributed by atoms with Gasteiger partial charge in [-0.05, 0) is 44.5 Å². The highest BCUT2D eigenvalue weighted by Crippen LogP contribution is 2.43. The molecule has 2 heterocycles. The first kappa shape index (κ1) is 21.5. The number of benzene rings is 2. The topological polar surface area (TPSA) is 85.9 Å². The fourth-order valence-corrected chi connectivity index (χ4v) is 4.24. The van der Waals surface area contributed by atoms with Crippen molar-refractivity contribution in [3.05, 3.63) is 71.3 Å². The minimum atomic E-state index is -0.815. The molecule has 2 N–H and O–H groups in total. The Hall–Kier alpha value is -2.74. The van der Waals surface area contributed by atoms with E-state index in [1.54, 1.807) is 18.2 Å². The van der Waals surface area contributed by atoms with Crippen molar-refractivity contribution in [1.29, 1.82) is 0 Å². The van der Waals surface area contributed by atoms with E-state index in [0.29, 0.717) is 11.1 Å². The van der Waals surface area contributed by atoms with E-state index in [9.17, 15) is 9.59 Å². The molecule has 164 valence electrons. The van der Waals surface area contributed by atoms with Gasteiger partial charge in [-0.15, -0.1) is 0 Å². The van der Waals surface area contributed by atoms with Gasteiger partial charge in [-0.1, -0.05) is 36.4 Å². The Morgan fingerprint density at radius 1 is 1.00 bits per heavy atom. The van der Waals surface area contributed by atoms with Gasteiger partial charge in [-0.2, -0.15) is 0 Å². The summed E-state index contributed by atoms with van der Waals surface area (Å²) in [6.45, 7) is 6.38. The predicted octanol–water partition coefficient (Wildman–Crippen LogP) is 2.44. The van der Waals surface area contributed by atoms with Gasteiger partial charge in [0.2, 0.25) is 0 Å². The van der Waals surface area contributed by atoms with Gasteiger partial charge in [0, 0.05) is 17.7 Å². The number of fused-ring (bicyclic) bond motifs is 1. The molecule has 0 spiro atoms. The average molecular weight is 424 g/mol. The standard InChI is InChI=1S/C24H28N2O5/c1-16-9-7-8-12-18(16)22(28)25-13-19-20-24(15-29-19,31-23(2,3)30-20)14-26-21(27)17-10-5-4-6-11-17/h4-12,19-20H,13-15H2,1-3H3,(H,25,28)(H,26,27)/t19-,20-,24+/m1/s1. The van der Waals surface area contributed by atoms with Gasteiger partial charge in [0.1, 0.15) is 17.8 Å². The molecular weight excluding hydrogens is 396 g/mol. The largest absolute Gasteiger partial charge is 0.370 e. The summed E-state index contributed by atoms with van der Waals surface area (Å²) in [4.78, 5) is 25.1. The second-order valence-corrected chi connectivity index (χ2v) is 8.53. The van der Waals surface area contributed by atoms with Crippen LogP contribution in [-0.2, 0) is 14.2 Å². The minimum Gasteiger partial charge on any atom is -0.370 e. The van der Waals surface area contributed by atoms with E-state index in [1.165, 1.54) is 0 Å². The highest BCUT2D eigenvalue weighted by Gasteiger charge is 2.61. The first-order valence-electron chi connectivity index (χ1n) is 10.5. The Labute approximate surface area is 182 Å². The molecule has 0 saturated carbocycles. The highest BCUT2D eigenvalue weighted by molar-refractivity contribution is 5.95. The summed E-state index contributed by atoms with van der Waals surface area (Å²) >= 11 is 0. The lowest BCUT2D eigenvalue weighted by Gasteiger charge is -2.27. The molecule has 2 aromatic rings. The molecule has 2 saturated heterocycles. The van der Waals surface area contributed by atoms with E-state index >= 15 is 0 Å². The molecule has 7 nitrogen and oxygen atoms in total. The molecule has 2 aromatic carbocycles. The Bertz CT molecular complexity index is 961. The Balaban J connectivity index is 1.42. The SMILES string of the molecule is Cc1ccccc1C(=O)NC[C@H]1OC[C@]2(CNC(=O)c3ccccc3)OC(C)(C)O[C@H]12. The predicted molar refractivity (Wildman–Crippen MR) is 115 cm³/mol. The maximum Gasteiger partial charge on any atom is 0.251 e. The van der Waals surface area contributed by atoms with Crippen molar-refractivity contribution in [2.75, 3.05) is 19.7 Å². The lowest BCUT2D eigenvalue weighted by molar-refractivity contribution is -0.188. The van der Waals surface area contributed by atoms with E-state index in [1.807, 2.05) is 57.2 Å². The average Bonchev–Trinajstić information content (AvgIpc) is 3.21. The Morgan fingerprint density at radius 2 is 1.71 bits per heavy atom. The van der Waals surface area contributed by atoms with Gasteiger partial charge in [0.25, 0.3) is 11.8 Å². The van der Waals surface area contributed by atoms with Crippen LogP contribution >= 0.6 is 0 Å². The number of carbonyl (C=O) groups is 2. The van der Waals surface area contributed by atoms with Crippen molar-refractivity contribution >= 4 is 11.8 Å². The number of hydrogen-bond donors (Lipinski definition) is 2. The second kappa shape index (κ2) is 8.42. The van der Waals surface area contributed by atoms with Gasteiger partial charge in [-0.25, -0.2) is 0 Å². The molecule has 2 amide bonds. The van der Waals surface area contributed by atoms with Gasteiger partial charge in [-0.3, -0.25) is 9.59 Å². The summed E-state index contributed by atoms with van der Waals surface area (Å²) < 4.78 is 18.3. The van der Waals surface area contributed by atoms with Gasteiger partial charge < -0.3 is 24.8 Å². The molecule has 0 aromatic heterocycles. The summed E-state index contributed by atoms with van der Waals surface area (Å²) in [5, 5.41) is 5.89. The first-order chi connectivity index (χ1) is 14.8. The van der Waals surface area contributed by atoms with Crippen LogP contribution in [0.1, 0.15) is 40.1 Å². The van der Waals surface area contributed by atoms with Crippen LogP contribution in [0.4, 0.5) is 0 Å². The summed E-state index contributed by atoms with van der Waals surface area (Å²) in [5.74, 6) is -1.16. The van der Waals surface area contributed by atoms with Gasteiger partial charge in [0.15, 0.2) is 5.79 Å². The van der Waals surface area contributed by atoms with Crippen LogP contribution in [-0.4, -0.2) is 55.1 Å². The van der Waals surface area contributed by atoms with Crippen LogP contribution in [0.3, 0.4) is 0 Å². The smallest absolute Gasteiger partial charge is 0.251 e. The molecule has 2 aliphatic heterocycles. The van der Waals surface area contributed by atoms with Crippen LogP contribution in [0.25, 0.3) is 0 Å². The fraction of sp³-hybridized carbons (Fsp3) is 0.417. The van der Waals surface area contributed by atoms with Crippen LogP contribution in [0.2, 0.25) is 0 Å². The van der Waals surface area contributed by atoms with Crippen molar-refractivity contribution in [2.45, 2.75) is 44.4 Å². The molecule has 31 heavy (non-hydrogen) atoms. The number of amides is 2. The van der Waals surface area contributed by atoms with Gasteiger partial charge in [0.05, 0.1) is 13.2 Å². The van der Waals surface area contributed by atoms with Crippen molar-refractivity contribution < 1.29 is 23.8 Å². The summed E-state index contributed by atoms with van der Waals surface area (Å²) in [7, 11) is 0. The molecular formula is C24H28N2O5. The normalized spacial score (nSPS) is 26.3. The zero-order chi connectivity index (χ0) is 22.1. The Morgan fingerprint density at radius 3 is 2.45 bits per heavy atom. The van der Waals surface area contributed by atoms with Crippen LogP contribution in [0.15, 0.2) is 54.6 Å². The minimum absolute atomic E-state index is 0.158. The quantitative estimate of drug-likeness (QED) is 0.744. The van der Waals surface area contributed by atoms with E-state index in [2.05, 4.69) is 10.6 Å². The maximum atomic E-state index is 12.6. The Kier molecular flexibility index (Phi) is 5.83. The number of nitrogens with one attached hydrogen (secondary N) is 2. The van der Waals surface area contributed by atoms with Crippen molar-refractivity contribution in [1.82, 2.24) is 10.6 Å². The molecule has 0 bridgehead atoms. The van der Waals surface area contributed by atoms with Crippen LogP contribution < -0.4 is 10.6 Å². The lowest BCUT2D eigenvalue weighted by atomic mass is 9.96. The third-order valence-electron chi connectivity index (χ3n) is 5.70. The number of aryl methyl sites for hydroxylation is 1. The van der Waals surface area contributed by atoms with E-state index in [4.69, 9.17) is 14.2 Å². The highest BCUT2D eigenvalue weighted by atomic mass is 16.8. The number of ether oxygens (including phenoxy) is 3. The monoisotopic (exact) mass is 424 g/mol. The third kappa shape index (κ3) is 4.49. The summed E-state index contributed by atoms with van der Waals surface area (Å²) in [6.07, 6.45) is -0.806. The molecule has 2 aliphatic rings. The number of rotatable bonds is 6. The van der Waals surface area contributed by atoms with Crippen molar-refractivity contribution in [3.63, 3.8) is 0 Å². The van der Waals surface area contributed by atoms with E-state index < -0.39 is 17.5 Å². The zero-order valence-corrected chi connectivity index (χ0v) is 18.0. The maximum absolute atomic E-state index is 12.6. The third-order valence-corrected chi connectivity index (χ3v) is 5.70. The number of hydrogen-bond acceptors (Lipinski definition) is 5. The number of carbonyl (C=O) groups excluding carboxylic acids is 2. The molecule has 4 rings (SSSR count). The zero-order valence-electron chi connectivity index (χ0n) is 18.0. The molecule has 0 radical (unpaired) electrons. The van der Waals surface area contributed by atoms with Crippen molar-refractivity contribution in [2.24, 2.45) is 0 Å². The fourth-order valence-electron chi connectivity index (χ4n) is 4.24. The first-order valence-corrected chi connectivity index (χ1v) is 10.5. The molecule has 0 unspecified atom stereocenters. The second-order valence-electron chi connectivity index (χ2n) is 8.53. The van der Waals surface area contributed by atoms with Crippen molar-refractivity contribution in [3.8, 4) is 0 Å². The van der Waals surface area contributed by atoms with Crippen LogP contribution in [0, 0.1) is 6.92 Å². The molecule has 3 atom stereocenters.